The number of nitrogens with zero attached hydrogens (tertiary/aromatic N) is 1. The highest BCUT2D eigenvalue weighted by atomic mass is 19.4. The topological polar surface area (TPSA) is 66.0 Å². The fourth-order valence-corrected chi connectivity index (χ4v) is 1.59. The third-order valence-electron chi connectivity index (χ3n) is 2.90. The number of H-pyrrole nitrogens is 1. The van der Waals surface area contributed by atoms with Crippen molar-refractivity contribution in [3.63, 3.8) is 0 Å². The maximum Gasteiger partial charge on any atom is 0.490 e. The van der Waals surface area contributed by atoms with Gasteiger partial charge in [-0.1, -0.05) is 18.2 Å². The van der Waals surface area contributed by atoms with Crippen LogP contribution in [0, 0.1) is 13.8 Å². The van der Waals surface area contributed by atoms with Gasteiger partial charge >= 0.3 is 12.1 Å². The molecule has 4 nitrogen and oxygen atoms in total. The lowest BCUT2D eigenvalue weighted by Crippen LogP contribution is -2.21. The van der Waals surface area contributed by atoms with Crippen molar-refractivity contribution in [2.24, 2.45) is 0 Å². The number of aromatic nitrogens is 2. The molecule has 21 heavy (non-hydrogen) atoms. The lowest BCUT2D eigenvalue weighted by atomic mass is 10.0. The van der Waals surface area contributed by atoms with E-state index in [9.17, 15) is 13.2 Å². The lowest BCUT2D eigenvalue weighted by molar-refractivity contribution is -0.192. The number of carboxylic acid groups (broad SMARTS) is 1. The molecule has 0 fully saturated rings. The number of carbonyl (C=O) groups is 1. The number of hydrogen-bond donors (Lipinski definition) is 2. The van der Waals surface area contributed by atoms with Crippen molar-refractivity contribution >= 4 is 5.97 Å². The number of alkyl halides is 3. The monoisotopic (exact) mass is 300 g/mol. The first-order valence-electron chi connectivity index (χ1n) is 6.04. The van der Waals surface area contributed by atoms with E-state index in [0.717, 1.165) is 6.42 Å². The molecule has 1 heterocycles. The molecular weight excluding hydrogens is 285 g/mol. The molecule has 0 aliphatic heterocycles. The average molecular weight is 300 g/mol. The third kappa shape index (κ3) is 5.29. The van der Waals surface area contributed by atoms with E-state index in [0.29, 0.717) is 0 Å². The molecule has 0 aliphatic rings. The van der Waals surface area contributed by atoms with Crippen LogP contribution >= 0.6 is 0 Å². The number of rotatable bonds is 2. The van der Waals surface area contributed by atoms with Gasteiger partial charge in [0.25, 0.3) is 0 Å². The molecule has 7 heteroatoms. The van der Waals surface area contributed by atoms with Crippen molar-refractivity contribution in [2.45, 2.75) is 26.4 Å². The summed E-state index contributed by atoms with van der Waals surface area (Å²) in [7, 11) is 0. The van der Waals surface area contributed by atoms with Crippen LogP contribution in [0.25, 0.3) is 0 Å². The summed E-state index contributed by atoms with van der Waals surface area (Å²) in [4.78, 5) is 16.0. The number of nitrogens with one attached hydrogen (secondary N) is 1. The van der Waals surface area contributed by atoms with Gasteiger partial charge in [0, 0.05) is 18.3 Å². The van der Waals surface area contributed by atoms with Crippen LogP contribution < -0.4 is 0 Å². The van der Waals surface area contributed by atoms with Crippen molar-refractivity contribution in [1.82, 2.24) is 9.97 Å². The summed E-state index contributed by atoms with van der Waals surface area (Å²) < 4.78 is 31.7. The predicted octanol–water partition coefficient (Wildman–Crippen LogP) is 3.25. The Balaban J connectivity index is 0.000000270. The molecule has 0 aliphatic carbocycles. The van der Waals surface area contributed by atoms with Crippen molar-refractivity contribution in [1.29, 1.82) is 0 Å². The Labute approximate surface area is 119 Å². The molecule has 0 saturated heterocycles. The fraction of sp³-hybridized carbons (Fsp3) is 0.286. The first-order valence-corrected chi connectivity index (χ1v) is 6.04. The number of halogens is 3. The van der Waals surface area contributed by atoms with Crippen molar-refractivity contribution in [2.75, 3.05) is 0 Å². The second-order valence-electron chi connectivity index (χ2n) is 4.42. The van der Waals surface area contributed by atoms with Gasteiger partial charge in [0.05, 0.1) is 6.33 Å². The van der Waals surface area contributed by atoms with Crippen LogP contribution in [0.3, 0.4) is 0 Å². The second kappa shape index (κ2) is 6.92. The van der Waals surface area contributed by atoms with Crippen LogP contribution in [-0.4, -0.2) is 27.2 Å². The number of carboxylic acids is 1. The summed E-state index contributed by atoms with van der Waals surface area (Å²) in [5, 5.41) is 7.12. The van der Waals surface area contributed by atoms with E-state index in [1.54, 1.807) is 6.33 Å². The summed E-state index contributed by atoms with van der Waals surface area (Å²) >= 11 is 0. The highest BCUT2D eigenvalue weighted by Crippen LogP contribution is 2.15. The van der Waals surface area contributed by atoms with Gasteiger partial charge in [-0.2, -0.15) is 13.2 Å². The molecule has 0 unspecified atom stereocenters. The molecular formula is C14H15F3N2O2. The van der Waals surface area contributed by atoms with Crippen LogP contribution in [0.5, 0.6) is 0 Å². The standard InChI is InChI=1S/C12H14N2.C2HF3O2/c1-9-4-3-5-11(10(9)2)6-12-7-13-8-14-12;3-2(4,5)1(6)7/h3-5,7-8H,6H2,1-2H3,(H,13,14);(H,6,7). The fourth-order valence-electron chi connectivity index (χ4n) is 1.59. The van der Waals surface area contributed by atoms with E-state index in [2.05, 4.69) is 42.0 Å². The summed E-state index contributed by atoms with van der Waals surface area (Å²) in [5.74, 6) is -2.76. The molecule has 114 valence electrons. The molecule has 1 aromatic carbocycles. The molecule has 0 atom stereocenters. The van der Waals surface area contributed by atoms with Crippen LogP contribution in [0.4, 0.5) is 13.2 Å². The zero-order chi connectivity index (χ0) is 16.0. The van der Waals surface area contributed by atoms with Gasteiger partial charge in [-0.15, -0.1) is 0 Å². The Morgan fingerprint density at radius 2 is 1.95 bits per heavy atom. The Hall–Kier alpha value is -2.31. The summed E-state index contributed by atoms with van der Waals surface area (Å²) in [6.07, 6.45) is -0.546. The summed E-state index contributed by atoms with van der Waals surface area (Å²) in [6, 6.07) is 6.42. The van der Waals surface area contributed by atoms with Crippen molar-refractivity contribution < 1.29 is 23.1 Å². The van der Waals surface area contributed by atoms with Crippen LogP contribution in [0.1, 0.15) is 22.4 Å². The Bertz CT molecular complexity index is 593. The molecule has 0 bridgehead atoms. The number of aromatic amines is 1. The Morgan fingerprint density at radius 3 is 2.43 bits per heavy atom. The first-order chi connectivity index (χ1) is 9.71. The second-order valence-corrected chi connectivity index (χ2v) is 4.42. The Kier molecular flexibility index (Phi) is 5.52. The number of aliphatic carboxylic acids is 1. The highest BCUT2D eigenvalue weighted by molar-refractivity contribution is 5.73. The summed E-state index contributed by atoms with van der Waals surface area (Å²) in [6.45, 7) is 4.31. The number of benzene rings is 1. The van der Waals surface area contributed by atoms with Gasteiger partial charge in [-0.25, -0.2) is 9.78 Å². The molecule has 0 amide bonds. The van der Waals surface area contributed by atoms with Gasteiger partial charge < -0.3 is 10.1 Å². The average Bonchev–Trinajstić information content (AvgIpc) is 2.87. The van der Waals surface area contributed by atoms with E-state index in [4.69, 9.17) is 9.90 Å². The van der Waals surface area contributed by atoms with Crippen molar-refractivity contribution in [3.8, 4) is 0 Å². The van der Waals surface area contributed by atoms with Crippen LogP contribution in [0.2, 0.25) is 0 Å². The van der Waals surface area contributed by atoms with Gasteiger partial charge in [0.15, 0.2) is 0 Å². The lowest BCUT2D eigenvalue weighted by Gasteiger charge is -2.06. The van der Waals surface area contributed by atoms with E-state index < -0.39 is 12.1 Å². The van der Waals surface area contributed by atoms with Gasteiger partial charge in [-0.3, -0.25) is 0 Å². The zero-order valence-corrected chi connectivity index (χ0v) is 11.5. The minimum Gasteiger partial charge on any atom is -0.475 e. The van der Waals surface area contributed by atoms with E-state index in [1.807, 2.05) is 6.20 Å². The minimum absolute atomic E-state index is 0.938. The van der Waals surface area contributed by atoms with E-state index >= 15 is 0 Å². The van der Waals surface area contributed by atoms with Crippen molar-refractivity contribution in [3.05, 3.63) is 53.1 Å². The molecule has 0 radical (unpaired) electrons. The quantitative estimate of drug-likeness (QED) is 0.894. The maximum absolute atomic E-state index is 10.6. The van der Waals surface area contributed by atoms with Gasteiger partial charge in [-0.05, 0) is 30.5 Å². The van der Waals surface area contributed by atoms with Gasteiger partial charge in [0.2, 0.25) is 0 Å². The minimum atomic E-state index is -5.08. The smallest absolute Gasteiger partial charge is 0.475 e. The number of hydrogen-bond acceptors (Lipinski definition) is 2. The zero-order valence-electron chi connectivity index (χ0n) is 11.5. The third-order valence-corrected chi connectivity index (χ3v) is 2.90. The number of imidazole rings is 1. The first kappa shape index (κ1) is 16.7. The van der Waals surface area contributed by atoms with E-state index in [1.165, 1.54) is 22.4 Å². The normalized spacial score (nSPS) is 10.7. The SMILES string of the molecule is Cc1cccc(Cc2cnc[nH]2)c1C.O=C(O)C(F)(F)F. The molecule has 0 spiro atoms. The molecule has 0 saturated carbocycles. The van der Waals surface area contributed by atoms with E-state index in [-0.39, 0.29) is 0 Å². The molecule has 2 aromatic rings. The molecule has 1 aromatic heterocycles. The predicted molar refractivity (Wildman–Crippen MR) is 71.0 cm³/mol. The largest absolute Gasteiger partial charge is 0.490 e. The highest BCUT2D eigenvalue weighted by Gasteiger charge is 2.38. The number of aryl methyl sites for hydroxylation is 1. The van der Waals surface area contributed by atoms with Crippen LogP contribution in [0.15, 0.2) is 30.7 Å². The maximum atomic E-state index is 10.6. The summed E-state index contributed by atoms with van der Waals surface area (Å²) in [5.41, 5.74) is 5.26. The van der Waals surface area contributed by atoms with Crippen LogP contribution in [-0.2, 0) is 11.2 Å². The molecule has 2 N–H and O–H groups in total. The Morgan fingerprint density at radius 1 is 1.33 bits per heavy atom. The molecule has 2 rings (SSSR count). The van der Waals surface area contributed by atoms with Gasteiger partial charge in [0.1, 0.15) is 0 Å².